The Labute approximate surface area is 162 Å². The van der Waals surface area contributed by atoms with E-state index in [0.717, 1.165) is 4.90 Å². The number of ether oxygens (including phenoxy) is 2. The van der Waals surface area contributed by atoms with Gasteiger partial charge in [-0.3, -0.25) is 30.1 Å². The first kappa shape index (κ1) is 21.0. The molecule has 10 heteroatoms. The molecule has 0 aromatic heterocycles. The molecule has 1 saturated heterocycles. The summed E-state index contributed by atoms with van der Waals surface area (Å²) in [4.78, 5) is 48.7. The minimum atomic E-state index is -0.987. The summed E-state index contributed by atoms with van der Waals surface area (Å²) in [5.74, 6) is -0.297. The predicted molar refractivity (Wildman–Crippen MR) is 98.5 cm³/mol. The summed E-state index contributed by atoms with van der Waals surface area (Å²) in [6.45, 7) is 3.09. The van der Waals surface area contributed by atoms with Crippen LogP contribution in [0.1, 0.15) is 25.8 Å². The second-order valence-electron chi connectivity index (χ2n) is 6.71. The number of nitrogens with zero attached hydrogens (tertiary/aromatic N) is 1. The summed E-state index contributed by atoms with van der Waals surface area (Å²) < 4.78 is 10.3. The van der Waals surface area contributed by atoms with Crippen molar-refractivity contribution >= 4 is 23.8 Å². The van der Waals surface area contributed by atoms with Gasteiger partial charge in [0, 0.05) is 24.6 Å². The quantitative estimate of drug-likeness (QED) is 0.447. The van der Waals surface area contributed by atoms with E-state index in [1.54, 1.807) is 32.0 Å². The standard InChI is InChI=1S/C18H24N4O6/c1-18(2)16(25)22(17(26)19-18)8-7-14(23)20-21-15(24)9-11-5-6-12(27-3)10-13(11)28-4/h5-6,10H,7-9H2,1-4H3,(H,19,26)(H,20,23)(H,21,24). The number of imide groups is 1. The molecule has 152 valence electrons. The smallest absolute Gasteiger partial charge is 0.325 e. The molecule has 0 atom stereocenters. The molecule has 0 saturated carbocycles. The van der Waals surface area contributed by atoms with Gasteiger partial charge in [-0.15, -0.1) is 0 Å². The third-order valence-corrected chi connectivity index (χ3v) is 4.19. The van der Waals surface area contributed by atoms with Gasteiger partial charge in [0.2, 0.25) is 11.8 Å². The molecule has 1 fully saturated rings. The molecule has 1 aromatic carbocycles. The summed E-state index contributed by atoms with van der Waals surface area (Å²) in [6.07, 6.45) is -0.157. The van der Waals surface area contributed by atoms with E-state index in [1.165, 1.54) is 14.2 Å². The fourth-order valence-corrected chi connectivity index (χ4v) is 2.65. The molecular weight excluding hydrogens is 368 g/mol. The number of hydrogen-bond acceptors (Lipinski definition) is 6. The minimum Gasteiger partial charge on any atom is -0.497 e. The first-order chi connectivity index (χ1) is 13.2. The second-order valence-corrected chi connectivity index (χ2v) is 6.71. The fraction of sp³-hybridized carbons (Fsp3) is 0.444. The van der Waals surface area contributed by atoms with Crippen molar-refractivity contribution in [2.24, 2.45) is 0 Å². The van der Waals surface area contributed by atoms with E-state index in [2.05, 4.69) is 16.2 Å². The lowest BCUT2D eigenvalue weighted by Gasteiger charge is -2.16. The predicted octanol–water partition coefficient (Wildman–Crippen LogP) is 0.114. The average Bonchev–Trinajstić information content (AvgIpc) is 2.85. The van der Waals surface area contributed by atoms with Crippen LogP contribution in [-0.4, -0.2) is 55.0 Å². The largest absolute Gasteiger partial charge is 0.497 e. The van der Waals surface area contributed by atoms with Crippen LogP contribution in [0.25, 0.3) is 0 Å². The maximum atomic E-state index is 12.0. The topological polar surface area (TPSA) is 126 Å². The van der Waals surface area contributed by atoms with Crippen molar-refractivity contribution in [3.05, 3.63) is 23.8 Å². The maximum absolute atomic E-state index is 12.0. The van der Waals surface area contributed by atoms with Gasteiger partial charge in [0.15, 0.2) is 0 Å². The Kier molecular flexibility index (Phi) is 6.45. The molecule has 1 aliphatic rings. The molecule has 10 nitrogen and oxygen atoms in total. The van der Waals surface area contributed by atoms with Crippen LogP contribution < -0.4 is 25.6 Å². The van der Waals surface area contributed by atoms with E-state index >= 15 is 0 Å². The molecule has 28 heavy (non-hydrogen) atoms. The number of nitrogens with one attached hydrogen (secondary N) is 3. The van der Waals surface area contributed by atoms with Crippen LogP contribution in [-0.2, 0) is 20.8 Å². The number of rotatable bonds is 7. The van der Waals surface area contributed by atoms with Gasteiger partial charge in [-0.1, -0.05) is 6.07 Å². The molecule has 2 rings (SSSR count). The number of benzene rings is 1. The summed E-state index contributed by atoms with van der Waals surface area (Å²) in [5, 5.41) is 2.53. The average molecular weight is 392 g/mol. The van der Waals surface area contributed by atoms with Crippen LogP contribution in [0.4, 0.5) is 4.79 Å². The lowest BCUT2D eigenvalue weighted by atomic mass is 10.1. The molecule has 1 aromatic rings. The lowest BCUT2D eigenvalue weighted by Crippen LogP contribution is -2.44. The Balaban J connectivity index is 1.81. The highest BCUT2D eigenvalue weighted by molar-refractivity contribution is 6.06. The fourth-order valence-electron chi connectivity index (χ4n) is 2.65. The Hall–Kier alpha value is -3.30. The van der Waals surface area contributed by atoms with Gasteiger partial charge in [0.05, 0.1) is 20.6 Å². The second kappa shape index (κ2) is 8.59. The molecule has 0 spiro atoms. The van der Waals surface area contributed by atoms with E-state index in [9.17, 15) is 19.2 Å². The highest BCUT2D eigenvalue weighted by Gasteiger charge is 2.43. The van der Waals surface area contributed by atoms with Crippen molar-refractivity contribution < 1.29 is 28.7 Å². The number of amides is 5. The van der Waals surface area contributed by atoms with Crippen molar-refractivity contribution in [2.45, 2.75) is 32.2 Å². The van der Waals surface area contributed by atoms with E-state index in [-0.39, 0.29) is 19.4 Å². The number of methoxy groups -OCH3 is 2. The van der Waals surface area contributed by atoms with Crippen molar-refractivity contribution in [1.82, 2.24) is 21.1 Å². The van der Waals surface area contributed by atoms with Gasteiger partial charge in [-0.25, -0.2) is 4.79 Å². The molecule has 0 aliphatic carbocycles. The zero-order chi connectivity index (χ0) is 20.9. The molecule has 5 amide bonds. The molecule has 3 N–H and O–H groups in total. The van der Waals surface area contributed by atoms with Gasteiger partial charge in [0.1, 0.15) is 17.0 Å². The first-order valence-electron chi connectivity index (χ1n) is 8.60. The van der Waals surface area contributed by atoms with Crippen LogP contribution in [0, 0.1) is 0 Å². The van der Waals surface area contributed by atoms with Gasteiger partial charge in [0.25, 0.3) is 5.91 Å². The van der Waals surface area contributed by atoms with Gasteiger partial charge < -0.3 is 14.8 Å². The van der Waals surface area contributed by atoms with E-state index < -0.39 is 29.3 Å². The highest BCUT2D eigenvalue weighted by Crippen LogP contribution is 2.24. The normalized spacial score (nSPS) is 15.1. The maximum Gasteiger partial charge on any atom is 0.325 e. The monoisotopic (exact) mass is 392 g/mol. The summed E-state index contributed by atoms with van der Waals surface area (Å²) in [6, 6.07) is 4.50. The zero-order valence-electron chi connectivity index (χ0n) is 16.3. The minimum absolute atomic E-state index is 0.0192. The molecular formula is C18H24N4O6. The molecule has 0 bridgehead atoms. The van der Waals surface area contributed by atoms with Crippen LogP contribution in [0.2, 0.25) is 0 Å². The van der Waals surface area contributed by atoms with Crippen molar-refractivity contribution in [2.75, 3.05) is 20.8 Å². The first-order valence-corrected chi connectivity index (χ1v) is 8.60. The number of carbonyl (C=O) groups excluding carboxylic acids is 4. The van der Waals surface area contributed by atoms with Gasteiger partial charge in [-0.05, 0) is 19.9 Å². The summed E-state index contributed by atoms with van der Waals surface area (Å²) in [7, 11) is 3.01. The number of carbonyl (C=O) groups is 4. The number of urea groups is 1. The summed E-state index contributed by atoms with van der Waals surface area (Å²) >= 11 is 0. The van der Waals surface area contributed by atoms with E-state index in [0.29, 0.717) is 17.1 Å². The Bertz CT molecular complexity index is 792. The third-order valence-electron chi connectivity index (χ3n) is 4.19. The number of hydrazine groups is 1. The lowest BCUT2D eigenvalue weighted by molar-refractivity contribution is -0.131. The Morgan fingerprint density at radius 1 is 1.11 bits per heavy atom. The molecule has 1 heterocycles. The zero-order valence-corrected chi connectivity index (χ0v) is 16.3. The Morgan fingerprint density at radius 3 is 2.36 bits per heavy atom. The molecule has 0 unspecified atom stereocenters. The number of hydrogen-bond donors (Lipinski definition) is 3. The van der Waals surface area contributed by atoms with Crippen molar-refractivity contribution in [3.8, 4) is 11.5 Å². The van der Waals surface area contributed by atoms with Crippen LogP contribution in [0.5, 0.6) is 11.5 Å². The van der Waals surface area contributed by atoms with Crippen molar-refractivity contribution in [1.29, 1.82) is 0 Å². The van der Waals surface area contributed by atoms with Crippen LogP contribution in [0.3, 0.4) is 0 Å². The highest BCUT2D eigenvalue weighted by atomic mass is 16.5. The van der Waals surface area contributed by atoms with Crippen LogP contribution in [0.15, 0.2) is 18.2 Å². The van der Waals surface area contributed by atoms with Crippen LogP contribution >= 0.6 is 0 Å². The molecule has 1 aliphatic heterocycles. The third kappa shape index (κ3) is 4.90. The van der Waals surface area contributed by atoms with E-state index in [1.807, 2.05) is 0 Å². The Morgan fingerprint density at radius 2 is 1.79 bits per heavy atom. The van der Waals surface area contributed by atoms with Gasteiger partial charge >= 0.3 is 6.03 Å². The SMILES string of the molecule is COc1ccc(CC(=O)NNC(=O)CCN2C(=O)NC(C)(C)C2=O)c(OC)c1. The van der Waals surface area contributed by atoms with Crippen molar-refractivity contribution in [3.63, 3.8) is 0 Å². The van der Waals surface area contributed by atoms with E-state index in [4.69, 9.17) is 9.47 Å². The molecule has 0 radical (unpaired) electrons. The van der Waals surface area contributed by atoms with Gasteiger partial charge in [-0.2, -0.15) is 0 Å². The summed E-state index contributed by atoms with van der Waals surface area (Å²) in [5.41, 5.74) is 4.19.